The van der Waals surface area contributed by atoms with Gasteiger partial charge in [-0.05, 0) is 27.2 Å². The van der Waals surface area contributed by atoms with E-state index in [1.54, 1.807) is 0 Å². The molecule has 1 unspecified atom stereocenters. The van der Waals surface area contributed by atoms with Crippen molar-refractivity contribution in [2.24, 2.45) is 4.99 Å². The Balaban J connectivity index is 5.16. The Labute approximate surface area is 207 Å². The van der Waals surface area contributed by atoms with E-state index in [4.69, 9.17) is 36.3 Å². The molecule has 0 aromatic rings. The van der Waals surface area contributed by atoms with Gasteiger partial charge in [0.1, 0.15) is 6.61 Å². The second kappa shape index (κ2) is 17.2. The Hall–Kier alpha value is -1.27. The number of rotatable bonds is 17. The number of hydrogen-bond acceptors (Lipinski definition) is 9. The quantitative estimate of drug-likeness (QED) is 0.129. The molecule has 0 rings (SSSR count). The van der Waals surface area contributed by atoms with Crippen molar-refractivity contribution in [1.29, 1.82) is 0 Å². The van der Waals surface area contributed by atoms with Gasteiger partial charge in [-0.15, -0.1) is 0 Å². The van der Waals surface area contributed by atoms with Crippen molar-refractivity contribution in [3.8, 4) is 0 Å². The first-order chi connectivity index (χ1) is 16.1. The van der Waals surface area contributed by atoms with Crippen LogP contribution in [0.5, 0.6) is 0 Å². The Kier molecular flexibility index (Phi) is 16.6. The molecule has 14 heteroatoms. The van der Waals surface area contributed by atoms with Crippen LogP contribution in [0, 0.1) is 0 Å². The molecule has 1 atom stereocenters. The molecule has 12 nitrogen and oxygen atoms in total. The van der Waals surface area contributed by atoms with Crippen LogP contribution in [-0.4, -0.2) is 128 Å². The Morgan fingerprint density at radius 1 is 0.882 bits per heavy atom. The van der Waals surface area contributed by atoms with E-state index in [0.29, 0.717) is 44.8 Å². The predicted molar refractivity (Wildman–Crippen MR) is 135 cm³/mol. The molecule has 1 N–H and O–H groups in total. The number of guanidine groups is 1. The third-order valence-corrected chi connectivity index (χ3v) is 10.7. The monoisotopic (exact) mass is 526 g/mol. The molecular weight excluding hydrogens is 480 g/mol. The largest absolute Gasteiger partial charge is 0.529 e. The summed E-state index contributed by atoms with van der Waals surface area (Å²) in [5.74, 6) is 0.654. The maximum atomic E-state index is 12.4. The highest BCUT2D eigenvalue weighted by molar-refractivity contribution is 6.62. The summed E-state index contributed by atoms with van der Waals surface area (Å²) in [6, 6.07) is 0.595. The lowest BCUT2D eigenvalue weighted by atomic mass is 10.5. The van der Waals surface area contributed by atoms with Gasteiger partial charge in [-0.1, -0.05) is 0 Å². The Morgan fingerprint density at radius 3 is 1.74 bits per heavy atom. The van der Waals surface area contributed by atoms with E-state index in [-0.39, 0.29) is 6.61 Å². The van der Waals surface area contributed by atoms with Crippen molar-refractivity contribution in [3.63, 3.8) is 0 Å². The summed E-state index contributed by atoms with van der Waals surface area (Å²) in [5.41, 5.74) is -0.660. The van der Waals surface area contributed by atoms with Gasteiger partial charge in [0.05, 0.1) is 0 Å². The smallest absolute Gasteiger partial charge is 0.447 e. The lowest BCUT2D eigenvalue weighted by molar-refractivity contribution is 0.0704. The van der Waals surface area contributed by atoms with E-state index in [9.17, 15) is 4.79 Å². The van der Waals surface area contributed by atoms with Crippen LogP contribution in [0.2, 0.25) is 6.04 Å². The van der Waals surface area contributed by atoms with Crippen molar-refractivity contribution in [2.45, 2.75) is 38.9 Å². The zero-order chi connectivity index (χ0) is 26.2. The Bertz CT molecular complexity index is 560. The zero-order valence-corrected chi connectivity index (χ0v) is 24.6. The number of carbonyl (C=O) groups is 1. The molecular formula is C20H46N4O8Si2. The highest BCUT2D eigenvalue weighted by Gasteiger charge is 2.49. The average molecular weight is 527 g/mol. The van der Waals surface area contributed by atoms with Crippen LogP contribution in [0.15, 0.2) is 4.99 Å². The zero-order valence-electron chi connectivity index (χ0n) is 22.6. The molecule has 0 aromatic heterocycles. The SMILES string of the molecule is CCO[Si](CCCNC(=O)OCC(N=C(N(C)C)N(C)C)[Si](OC)(OC)OC)(OCC)OCC. The molecule has 0 heterocycles. The van der Waals surface area contributed by atoms with Crippen LogP contribution in [0.1, 0.15) is 27.2 Å². The van der Waals surface area contributed by atoms with Crippen LogP contribution in [0.4, 0.5) is 4.79 Å². The lowest BCUT2D eigenvalue weighted by Crippen LogP contribution is -2.57. The molecule has 0 spiro atoms. The second-order valence-corrected chi connectivity index (χ2v) is 13.4. The van der Waals surface area contributed by atoms with Gasteiger partial charge in [0.15, 0.2) is 11.6 Å². The normalized spacial score (nSPS) is 12.8. The molecule has 0 radical (unpaired) electrons. The number of carbonyl (C=O) groups excluding carboxylic acids is 1. The van der Waals surface area contributed by atoms with Gasteiger partial charge in [-0.2, -0.15) is 0 Å². The van der Waals surface area contributed by atoms with Crippen LogP contribution < -0.4 is 5.32 Å². The number of aliphatic imine (C=N–C) groups is 1. The van der Waals surface area contributed by atoms with E-state index >= 15 is 0 Å². The number of ether oxygens (including phenoxy) is 1. The van der Waals surface area contributed by atoms with Gasteiger partial charge in [0, 0.05) is 81.9 Å². The first-order valence-electron chi connectivity index (χ1n) is 11.5. The van der Waals surface area contributed by atoms with Crippen molar-refractivity contribution < 1.29 is 36.1 Å². The van der Waals surface area contributed by atoms with Crippen molar-refractivity contribution >= 4 is 29.7 Å². The molecule has 34 heavy (non-hydrogen) atoms. The minimum Gasteiger partial charge on any atom is -0.447 e. The van der Waals surface area contributed by atoms with Gasteiger partial charge in [-0.3, -0.25) is 0 Å². The molecule has 0 saturated heterocycles. The highest BCUT2D eigenvalue weighted by Crippen LogP contribution is 2.19. The molecule has 0 fully saturated rings. The predicted octanol–water partition coefficient (Wildman–Crippen LogP) is 1.42. The second-order valence-electron chi connectivity index (χ2n) is 7.56. The maximum absolute atomic E-state index is 12.4. The molecule has 0 aliphatic rings. The van der Waals surface area contributed by atoms with Gasteiger partial charge >= 0.3 is 23.7 Å². The minimum absolute atomic E-state index is 0.0751. The summed E-state index contributed by atoms with van der Waals surface area (Å²) in [4.78, 5) is 20.8. The summed E-state index contributed by atoms with van der Waals surface area (Å²) >= 11 is 0. The fraction of sp³-hybridized carbons (Fsp3) is 0.900. The highest BCUT2D eigenvalue weighted by atomic mass is 28.4. The van der Waals surface area contributed by atoms with Crippen molar-refractivity contribution in [2.75, 3.05) is 82.5 Å². The third kappa shape index (κ3) is 10.6. The van der Waals surface area contributed by atoms with Crippen LogP contribution >= 0.6 is 0 Å². The van der Waals surface area contributed by atoms with E-state index in [1.165, 1.54) is 21.3 Å². The van der Waals surface area contributed by atoms with Crippen LogP contribution in [-0.2, 0) is 31.3 Å². The summed E-state index contributed by atoms with van der Waals surface area (Å²) in [6.07, 6.45) is 0.0560. The average Bonchev–Trinajstić information content (AvgIpc) is 2.79. The third-order valence-electron chi connectivity index (χ3n) is 4.73. The van der Waals surface area contributed by atoms with E-state index < -0.39 is 29.4 Å². The molecule has 202 valence electrons. The minimum atomic E-state index is -3.25. The topological polar surface area (TPSA) is 113 Å². The fourth-order valence-corrected chi connectivity index (χ4v) is 7.84. The van der Waals surface area contributed by atoms with Crippen LogP contribution in [0.3, 0.4) is 0 Å². The van der Waals surface area contributed by atoms with E-state index in [0.717, 1.165) is 0 Å². The first kappa shape index (κ1) is 32.7. The number of nitrogens with zero attached hydrogens (tertiary/aromatic N) is 3. The number of hydrogen-bond donors (Lipinski definition) is 1. The fourth-order valence-electron chi connectivity index (χ4n) is 3.35. The molecule has 0 saturated carbocycles. The van der Waals surface area contributed by atoms with Gasteiger partial charge in [-0.25, -0.2) is 9.79 Å². The summed E-state index contributed by atoms with van der Waals surface area (Å²) in [5, 5.41) is 2.76. The number of alkyl carbamates (subject to hydrolysis) is 1. The van der Waals surface area contributed by atoms with Crippen molar-refractivity contribution in [3.05, 3.63) is 0 Å². The maximum Gasteiger partial charge on any atom is 0.529 e. The molecule has 0 aliphatic heterocycles. The van der Waals surface area contributed by atoms with E-state index in [1.807, 2.05) is 58.8 Å². The standard InChI is InChI=1S/C20H46N4O8Si2/c1-11-30-33(31-12-2,32-13-3)16-14-15-21-20(25)29-17-18(34(26-8,27-9)28-10)22-19(23(4)5)24(6)7/h18H,11-17H2,1-10H3,(H,21,25). The summed E-state index contributed by atoms with van der Waals surface area (Å²) < 4.78 is 39.8. The Morgan fingerprint density at radius 2 is 1.35 bits per heavy atom. The van der Waals surface area contributed by atoms with Crippen LogP contribution in [0.25, 0.3) is 0 Å². The number of amides is 1. The number of nitrogens with one attached hydrogen (secondary N) is 1. The lowest BCUT2D eigenvalue weighted by Gasteiger charge is -2.32. The summed E-state index contributed by atoms with van der Waals surface area (Å²) in [6.45, 7) is 7.58. The molecule has 0 aliphatic carbocycles. The molecule has 1 amide bonds. The van der Waals surface area contributed by atoms with Gasteiger partial charge in [0.25, 0.3) is 0 Å². The van der Waals surface area contributed by atoms with Gasteiger partial charge < -0.3 is 46.4 Å². The molecule has 0 bridgehead atoms. The summed E-state index contributed by atoms with van der Waals surface area (Å²) in [7, 11) is 5.98. The van der Waals surface area contributed by atoms with Gasteiger partial charge in [0.2, 0.25) is 0 Å². The van der Waals surface area contributed by atoms with E-state index in [2.05, 4.69) is 5.32 Å². The molecule has 0 aromatic carbocycles. The van der Waals surface area contributed by atoms with Crippen molar-refractivity contribution in [1.82, 2.24) is 15.1 Å². The first-order valence-corrected chi connectivity index (χ1v) is 15.2.